The van der Waals surface area contributed by atoms with Crippen molar-refractivity contribution in [2.45, 2.75) is 27.2 Å². The molecule has 0 radical (unpaired) electrons. The van der Waals surface area contributed by atoms with Gasteiger partial charge in [0.2, 0.25) is 0 Å². The summed E-state index contributed by atoms with van der Waals surface area (Å²) in [4.78, 5) is 0. The van der Waals surface area contributed by atoms with Crippen LogP contribution in [-0.4, -0.2) is 0 Å². The summed E-state index contributed by atoms with van der Waals surface area (Å²) in [5.74, 6) is 0. The molecule has 0 nitrogen and oxygen atoms in total. The first-order chi connectivity index (χ1) is 5.69. The monoisotopic (exact) mass is 160 g/mol. The molecule has 0 aliphatic carbocycles. The average molecular weight is 160 g/mol. The van der Waals surface area contributed by atoms with Crippen LogP contribution in [0.5, 0.6) is 0 Å². The van der Waals surface area contributed by atoms with E-state index in [1.807, 2.05) is 6.08 Å². The minimum absolute atomic E-state index is 1.11. The highest BCUT2D eigenvalue weighted by Gasteiger charge is 2.00. The third-order valence-electron chi connectivity index (χ3n) is 2.41. The highest BCUT2D eigenvalue weighted by molar-refractivity contribution is 5.52. The van der Waals surface area contributed by atoms with Gasteiger partial charge in [0.1, 0.15) is 0 Å². The Balaban J connectivity index is 3.28. The van der Waals surface area contributed by atoms with E-state index in [1.165, 1.54) is 22.3 Å². The molecule has 0 fully saturated rings. The Kier molecular flexibility index (Phi) is 2.69. The molecule has 0 aromatic heterocycles. The van der Waals surface area contributed by atoms with Crippen LogP contribution < -0.4 is 0 Å². The molecule has 1 aromatic rings. The average Bonchev–Trinajstić information content (AvgIpc) is 2.09. The van der Waals surface area contributed by atoms with Gasteiger partial charge >= 0.3 is 0 Å². The maximum atomic E-state index is 3.78. The maximum absolute atomic E-state index is 3.78. The first-order valence-corrected chi connectivity index (χ1v) is 4.41. The van der Waals surface area contributed by atoms with E-state index >= 15 is 0 Å². The molecule has 0 bridgehead atoms. The van der Waals surface area contributed by atoms with Crippen LogP contribution in [0.25, 0.3) is 6.08 Å². The Morgan fingerprint density at radius 2 is 2.00 bits per heavy atom. The van der Waals surface area contributed by atoms with E-state index in [4.69, 9.17) is 0 Å². The highest BCUT2D eigenvalue weighted by Crippen LogP contribution is 2.17. The van der Waals surface area contributed by atoms with E-state index in [1.54, 1.807) is 0 Å². The minimum Gasteiger partial charge on any atom is -0.0985 e. The van der Waals surface area contributed by atoms with Gasteiger partial charge in [-0.15, -0.1) is 0 Å². The van der Waals surface area contributed by atoms with Crippen LogP contribution in [0.3, 0.4) is 0 Å². The van der Waals surface area contributed by atoms with E-state index < -0.39 is 0 Å². The molecule has 0 heteroatoms. The fourth-order valence-electron chi connectivity index (χ4n) is 1.45. The summed E-state index contributed by atoms with van der Waals surface area (Å²) < 4.78 is 0. The Bertz CT molecular complexity index is 295. The zero-order valence-electron chi connectivity index (χ0n) is 8.15. The molecule has 64 valence electrons. The third kappa shape index (κ3) is 1.58. The van der Waals surface area contributed by atoms with Gasteiger partial charge in [-0.2, -0.15) is 0 Å². The standard InChI is InChI=1S/C12H16/c1-5-11-7-9(3)10(4)12(6-2)8-11/h5,7-8H,1,6H2,2-4H3. The van der Waals surface area contributed by atoms with Gasteiger partial charge in [0.15, 0.2) is 0 Å². The Labute approximate surface area is 74.9 Å². The van der Waals surface area contributed by atoms with Crippen LogP contribution in [0.2, 0.25) is 0 Å². The third-order valence-corrected chi connectivity index (χ3v) is 2.41. The lowest BCUT2D eigenvalue weighted by Gasteiger charge is -2.08. The van der Waals surface area contributed by atoms with Gasteiger partial charge in [-0.05, 0) is 42.5 Å². The zero-order chi connectivity index (χ0) is 9.14. The number of aryl methyl sites for hydroxylation is 2. The Morgan fingerprint density at radius 3 is 2.50 bits per heavy atom. The molecule has 0 spiro atoms. The van der Waals surface area contributed by atoms with Gasteiger partial charge in [0.05, 0.1) is 0 Å². The second-order valence-electron chi connectivity index (χ2n) is 3.18. The van der Waals surface area contributed by atoms with Crippen molar-refractivity contribution in [2.24, 2.45) is 0 Å². The number of hydrogen-bond acceptors (Lipinski definition) is 0. The largest absolute Gasteiger partial charge is 0.0985 e. The summed E-state index contributed by atoms with van der Waals surface area (Å²) in [5.41, 5.74) is 5.45. The summed E-state index contributed by atoms with van der Waals surface area (Å²) >= 11 is 0. The molecule has 0 aliphatic heterocycles. The fourth-order valence-corrected chi connectivity index (χ4v) is 1.45. The highest BCUT2D eigenvalue weighted by atomic mass is 14.1. The van der Waals surface area contributed by atoms with Crippen molar-refractivity contribution in [2.75, 3.05) is 0 Å². The van der Waals surface area contributed by atoms with Crippen LogP contribution in [-0.2, 0) is 6.42 Å². The normalized spacial score (nSPS) is 9.92. The first-order valence-electron chi connectivity index (χ1n) is 4.41. The van der Waals surface area contributed by atoms with E-state index in [2.05, 4.69) is 39.5 Å². The van der Waals surface area contributed by atoms with Crippen LogP contribution in [0.15, 0.2) is 18.7 Å². The topological polar surface area (TPSA) is 0 Å². The molecule has 12 heavy (non-hydrogen) atoms. The predicted octanol–water partition coefficient (Wildman–Crippen LogP) is 3.51. The second kappa shape index (κ2) is 3.57. The lowest BCUT2D eigenvalue weighted by Crippen LogP contribution is -1.91. The molecular formula is C12H16. The molecule has 0 saturated carbocycles. The van der Waals surface area contributed by atoms with Gasteiger partial charge in [-0.3, -0.25) is 0 Å². The molecule has 1 aromatic carbocycles. The second-order valence-corrected chi connectivity index (χ2v) is 3.18. The van der Waals surface area contributed by atoms with E-state index in [0.717, 1.165) is 6.42 Å². The van der Waals surface area contributed by atoms with E-state index in [9.17, 15) is 0 Å². The van der Waals surface area contributed by atoms with Crippen LogP contribution in [0.4, 0.5) is 0 Å². The summed E-state index contributed by atoms with van der Waals surface area (Å²) in [6.07, 6.45) is 3.01. The van der Waals surface area contributed by atoms with Crippen molar-refractivity contribution in [1.82, 2.24) is 0 Å². The van der Waals surface area contributed by atoms with Gasteiger partial charge < -0.3 is 0 Å². The summed E-state index contributed by atoms with van der Waals surface area (Å²) in [5, 5.41) is 0. The lowest BCUT2D eigenvalue weighted by atomic mass is 9.98. The van der Waals surface area contributed by atoms with Crippen LogP contribution in [0.1, 0.15) is 29.2 Å². The van der Waals surface area contributed by atoms with Gasteiger partial charge in [-0.25, -0.2) is 0 Å². The van der Waals surface area contributed by atoms with Crippen molar-refractivity contribution in [3.05, 3.63) is 41.0 Å². The Hall–Kier alpha value is -1.04. The zero-order valence-corrected chi connectivity index (χ0v) is 8.15. The van der Waals surface area contributed by atoms with Crippen molar-refractivity contribution in [1.29, 1.82) is 0 Å². The molecule has 0 heterocycles. The summed E-state index contributed by atoms with van der Waals surface area (Å²) in [6.45, 7) is 10.3. The lowest BCUT2D eigenvalue weighted by molar-refractivity contribution is 1.09. The number of rotatable bonds is 2. The van der Waals surface area contributed by atoms with Gasteiger partial charge in [0, 0.05) is 0 Å². The molecule has 0 unspecified atom stereocenters. The molecule has 0 N–H and O–H groups in total. The number of benzene rings is 1. The molecule has 0 aliphatic rings. The van der Waals surface area contributed by atoms with Gasteiger partial charge in [-0.1, -0.05) is 31.7 Å². The van der Waals surface area contributed by atoms with Crippen LogP contribution in [0, 0.1) is 13.8 Å². The SMILES string of the molecule is C=Cc1cc(C)c(C)c(CC)c1. The predicted molar refractivity (Wildman–Crippen MR) is 55.4 cm³/mol. The minimum atomic E-state index is 1.11. The molecule has 0 saturated heterocycles. The quantitative estimate of drug-likeness (QED) is 0.621. The molecule has 1 rings (SSSR count). The first kappa shape index (κ1) is 9.05. The number of hydrogen-bond donors (Lipinski definition) is 0. The Morgan fingerprint density at radius 1 is 1.33 bits per heavy atom. The maximum Gasteiger partial charge on any atom is -0.0257 e. The van der Waals surface area contributed by atoms with Crippen molar-refractivity contribution < 1.29 is 0 Å². The summed E-state index contributed by atoms with van der Waals surface area (Å²) in [7, 11) is 0. The molecule has 0 atom stereocenters. The smallest absolute Gasteiger partial charge is 0.0257 e. The van der Waals surface area contributed by atoms with Gasteiger partial charge in [0.25, 0.3) is 0 Å². The molecule has 0 amide bonds. The van der Waals surface area contributed by atoms with E-state index in [-0.39, 0.29) is 0 Å². The summed E-state index contributed by atoms with van der Waals surface area (Å²) in [6, 6.07) is 4.40. The van der Waals surface area contributed by atoms with Crippen LogP contribution >= 0.6 is 0 Å². The van der Waals surface area contributed by atoms with Crippen molar-refractivity contribution in [3.63, 3.8) is 0 Å². The van der Waals surface area contributed by atoms with E-state index in [0.29, 0.717) is 0 Å². The van der Waals surface area contributed by atoms with Crippen molar-refractivity contribution >= 4 is 6.08 Å². The van der Waals surface area contributed by atoms with Crippen molar-refractivity contribution in [3.8, 4) is 0 Å². The fraction of sp³-hybridized carbons (Fsp3) is 0.333. The molecular weight excluding hydrogens is 144 g/mol.